The van der Waals surface area contributed by atoms with Gasteiger partial charge in [-0.3, -0.25) is 4.79 Å². The molecule has 0 aliphatic heterocycles. The quantitative estimate of drug-likeness (QED) is 0.592. The lowest BCUT2D eigenvalue weighted by Gasteiger charge is -2.13. The number of carbonyl (C=O) groups excluding carboxylic acids is 1. The number of amides is 1. The SMILES string of the molecule is COc1cc(OC)cc(C(=O)NCCS(=O)(=O)NCCC2=CCCCC2)c1. The molecule has 2 rings (SSSR count). The van der Waals surface area contributed by atoms with Gasteiger partial charge in [-0.25, -0.2) is 13.1 Å². The molecular formula is C19H28N2O5S. The number of hydrogen-bond donors (Lipinski definition) is 2. The Morgan fingerprint density at radius 2 is 1.78 bits per heavy atom. The van der Waals surface area contributed by atoms with E-state index in [1.807, 2.05) is 0 Å². The molecule has 0 bridgehead atoms. The Hall–Kier alpha value is -2.06. The number of rotatable bonds is 10. The predicted molar refractivity (Wildman–Crippen MR) is 105 cm³/mol. The van der Waals surface area contributed by atoms with Crippen LogP contribution in [0.2, 0.25) is 0 Å². The minimum atomic E-state index is -3.43. The van der Waals surface area contributed by atoms with Crippen molar-refractivity contribution in [3.63, 3.8) is 0 Å². The van der Waals surface area contributed by atoms with Gasteiger partial charge in [0, 0.05) is 24.7 Å². The van der Waals surface area contributed by atoms with Crippen LogP contribution in [-0.2, 0) is 10.0 Å². The number of sulfonamides is 1. The summed E-state index contributed by atoms with van der Waals surface area (Å²) in [7, 11) is -0.431. The van der Waals surface area contributed by atoms with Gasteiger partial charge in [-0.2, -0.15) is 0 Å². The van der Waals surface area contributed by atoms with E-state index >= 15 is 0 Å². The van der Waals surface area contributed by atoms with Gasteiger partial charge in [0.25, 0.3) is 5.91 Å². The second-order valence-electron chi connectivity index (χ2n) is 6.43. The Labute approximate surface area is 161 Å². The molecule has 27 heavy (non-hydrogen) atoms. The van der Waals surface area contributed by atoms with Crippen molar-refractivity contribution in [2.75, 3.05) is 33.1 Å². The summed E-state index contributed by atoms with van der Waals surface area (Å²) in [6.45, 7) is 0.422. The second-order valence-corrected chi connectivity index (χ2v) is 8.36. The van der Waals surface area contributed by atoms with Gasteiger partial charge >= 0.3 is 0 Å². The molecule has 0 atom stereocenters. The lowest BCUT2D eigenvalue weighted by atomic mass is 9.97. The average Bonchev–Trinajstić information content (AvgIpc) is 2.68. The summed E-state index contributed by atoms with van der Waals surface area (Å²) in [6.07, 6.45) is 7.49. The van der Waals surface area contributed by atoms with E-state index in [9.17, 15) is 13.2 Å². The lowest BCUT2D eigenvalue weighted by molar-refractivity contribution is 0.0955. The van der Waals surface area contributed by atoms with E-state index in [0.717, 1.165) is 19.3 Å². The predicted octanol–water partition coefficient (Wildman–Crippen LogP) is 2.24. The molecule has 0 aromatic heterocycles. The van der Waals surface area contributed by atoms with Gasteiger partial charge in [-0.05, 0) is 44.2 Å². The molecule has 0 heterocycles. The Morgan fingerprint density at radius 3 is 2.37 bits per heavy atom. The standard InChI is InChI=1S/C19H28N2O5S/c1-25-17-12-16(13-18(14-17)26-2)19(22)20-10-11-27(23,24)21-9-8-15-6-4-3-5-7-15/h6,12-14,21H,3-5,7-11H2,1-2H3,(H,20,22). The van der Waals surface area contributed by atoms with Crippen molar-refractivity contribution in [2.45, 2.75) is 32.1 Å². The molecule has 1 aliphatic rings. The van der Waals surface area contributed by atoms with Crippen LogP contribution in [0.15, 0.2) is 29.8 Å². The third-order valence-corrected chi connectivity index (χ3v) is 5.81. The first kappa shape index (κ1) is 21.2. The number of carbonyl (C=O) groups is 1. The van der Waals surface area contributed by atoms with Gasteiger partial charge < -0.3 is 14.8 Å². The smallest absolute Gasteiger partial charge is 0.251 e. The number of benzene rings is 1. The van der Waals surface area contributed by atoms with Crippen LogP contribution in [0.1, 0.15) is 42.5 Å². The molecule has 7 nitrogen and oxygen atoms in total. The van der Waals surface area contributed by atoms with Gasteiger partial charge in [-0.1, -0.05) is 11.6 Å². The highest BCUT2D eigenvalue weighted by Crippen LogP contribution is 2.22. The molecule has 0 spiro atoms. The number of allylic oxidation sites excluding steroid dienone is 1. The highest BCUT2D eigenvalue weighted by molar-refractivity contribution is 7.89. The molecular weight excluding hydrogens is 368 g/mol. The zero-order valence-electron chi connectivity index (χ0n) is 15.9. The molecule has 150 valence electrons. The second kappa shape index (κ2) is 10.3. The molecule has 1 aromatic carbocycles. The van der Waals surface area contributed by atoms with Crippen molar-refractivity contribution >= 4 is 15.9 Å². The lowest BCUT2D eigenvalue weighted by Crippen LogP contribution is -2.35. The number of hydrogen-bond acceptors (Lipinski definition) is 5. The number of nitrogens with one attached hydrogen (secondary N) is 2. The van der Waals surface area contributed by atoms with Crippen LogP contribution in [0.3, 0.4) is 0 Å². The van der Waals surface area contributed by atoms with Crippen molar-refractivity contribution in [2.24, 2.45) is 0 Å². The average molecular weight is 397 g/mol. The van der Waals surface area contributed by atoms with Gasteiger partial charge in [0.1, 0.15) is 11.5 Å². The Balaban J connectivity index is 1.78. The molecule has 2 N–H and O–H groups in total. The summed E-state index contributed by atoms with van der Waals surface area (Å²) >= 11 is 0. The zero-order chi connectivity index (χ0) is 19.7. The van der Waals surface area contributed by atoms with Gasteiger partial charge in [0.05, 0.1) is 20.0 Å². The van der Waals surface area contributed by atoms with Crippen molar-refractivity contribution < 1.29 is 22.7 Å². The minimum Gasteiger partial charge on any atom is -0.497 e. The topological polar surface area (TPSA) is 93.7 Å². The third-order valence-electron chi connectivity index (χ3n) is 4.42. The molecule has 0 saturated carbocycles. The molecule has 0 radical (unpaired) electrons. The highest BCUT2D eigenvalue weighted by atomic mass is 32.2. The van der Waals surface area contributed by atoms with Crippen molar-refractivity contribution in [1.29, 1.82) is 0 Å². The van der Waals surface area contributed by atoms with Gasteiger partial charge in [0.2, 0.25) is 10.0 Å². The summed E-state index contributed by atoms with van der Waals surface area (Å²) in [5.74, 6) is 0.435. The molecule has 1 amide bonds. The first-order chi connectivity index (χ1) is 12.9. The van der Waals surface area contributed by atoms with Crippen LogP contribution in [0.4, 0.5) is 0 Å². The summed E-state index contributed by atoms with van der Waals surface area (Å²) in [5, 5.41) is 2.62. The fourth-order valence-electron chi connectivity index (χ4n) is 2.91. The summed E-state index contributed by atoms with van der Waals surface area (Å²) < 4.78 is 37.0. The van der Waals surface area contributed by atoms with Crippen LogP contribution in [0, 0.1) is 0 Å². The van der Waals surface area contributed by atoms with E-state index in [1.54, 1.807) is 18.2 Å². The molecule has 0 saturated heterocycles. The third kappa shape index (κ3) is 7.22. The van der Waals surface area contributed by atoms with E-state index in [1.165, 1.54) is 32.6 Å². The van der Waals surface area contributed by atoms with Crippen LogP contribution in [0.5, 0.6) is 11.5 Å². The van der Waals surface area contributed by atoms with Crippen molar-refractivity contribution in [3.05, 3.63) is 35.4 Å². The summed E-state index contributed by atoms with van der Waals surface area (Å²) in [4.78, 5) is 12.2. The fourth-order valence-corrected chi connectivity index (χ4v) is 3.84. The maximum Gasteiger partial charge on any atom is 0.251 e. The van der Waals surface area contributed by atoms with E-state index in [0.29, 0.717) is 23.6 Å². The fraction of sp³-hybridized carbons (Fsp3) is 0.526. The maximum absolute atomic E-state index is 12.2. The van der Waals surface area contributed by atoms with Crippen LogP contribution in [-0.4, -0.2) is 47.4 Å². The molecule has 0 unspecified atom stereocenters. The first-order valence-electron chi connectivity index (χ1n) is 9.10. The van der Waals surface area contributed by atoms with E-state index in [2.05, 4.69) is 16.1 Å². The summed E-state index contributed by atoms with van der Waals surface area (Å²) in [5.41, 5.74) is 1.67. The Bertz CT molecular complexity index is 752. The van der Waals surface area contributed by atoms with Crippen LogP contribution in [0.25, 0.3) is 0 Å². The normalized spacial score (nSPS) is 14.4. The van der Waals surface area contributed by atoms with Gasteiger partial charge in [-0.15, -0.1) is 0 Å². The largest absolute Gasteiger partial charge is 0.497 e. The molecule has 1 aliphatic carbocycles. The van der Waals surface area contributed by atoms with Crippen molar-refractivity contribution in [1.82, 2.24) is 10.0 Å². The van der Waals surface area contributed by atoms with Crippen LogP contribution >= 0.6 is 0 Å². The van der Waals surface area contributed by atoms with Crippen molar-refractivity contribution in [3.8, 4) is 11.5 Å². The number of methoxy groups -OCH3 is 2. The van der Waals surface area contributed by atoms with E-state index < -0.39 is 10.0 Å². The zero-order valence-corrected chi connectivity index (χ0v) is 16.7. The van der Waals surface area contributed by atoms with E-state index in [-0.39, 0.29) is 18.2 Å². The molecule has 0 fully saturated rings. The number of ether oxygens (including phenoxy) is 2. The monoisotopic (exact) mass is 396 g/mol. The van der Waals surface area contributed by atoms with Crippen LogP contribution < -0.4 is 19.5 Å². The minimum absolute atomic E-state index is 0.0242. The Morgan fingerprint density at radius 1 is 1.07 bits per heavy atom. The molecule has 8 heteroatoms. The van der Waals surface area contributed by atoms with Gasteiger partial charge in [0.15, 0.2) is 0 Å². The summed E-state index contributed by atoms with van der Waals surface area (Å²) in [6, 6.07) is 4.80. The van der Waals surface area contributed by atoms with E-state index in [4.69, 9.17) is 9.47 Å². The Kier molecular flexibility index (Phi) is 8.12. The molecule has 1 aromatic rings. The first-order valence-corrected chi connectivity index (χ1v) is 10.8. The highest BCUT2D eigenvalue weighted by Gasteiger charge is 2.13. The maximum atomic E-state index is 12.2.